The third kappa shape index (κ3) is 5.01. The fourth-order valence-electron chi connectivity index (χ4n) is 4.70. The Morgan fingerprint density at radius 2 is 1.75 bits per heavy atom. The molecule has 1 saturated heterocycles. The number of hydrogen-bond acceptors (Lipinski definition) is 4. The van der Waals surface area contributed by atoms with Crippen molar-refractivity contribution in [2.75, 3.05) is 6.54 Å². The fraction of sp³-hybridized carbons (Fsp3) is 0.370. The standard InChI is InChI=1S/C27H28F3N3O3/c1-15(2)23(22-12-13-31-36-22)27(35)33-14-4-5-21(33)26(34)32-16(3)17-6-8-18(9-7-17)19-10-11-20(28)25(30)24(19)29/h6-13,15-16,21,23H,4-5,14H2,1-3H3,(H,32,34). The van der Waals surface area contributed by atoms with E-state index in [-0.39, 0.29) is 23.3 Å². The van der Waals surface area contributed by atoms with Crippen LogP contribution in [0.5, 0.6) is 0 Å². The van der Waals surface area contributed by atoms with Crippen LogP contribution in [0.1, 0.15) is 56.9 Å². The van der Waals surface area contributed by atoms with Crippen LogP contribution < -0.4 is 5.32 Å². The molecule has 2 amide bonds. The molecule has 0 aliphatic carbocycles. The van der Waals surface area contributed by atoms with Crippen molar-refractivity contribution in [3.8, 4) is 11.1 Å². The summed E-state index contributed by atoms with van der Waals surface area (Å²) in [6.07, 6.45) is 2.77. The number of hydrogen-bond donors (Lipinski definition) is 1. The first-order chi connectivity index (χ1) is 17.2. The largest absolute Gasteiger partial charge is 0.361 e. The van der Waals surface area contributed by atoms with E-state index in [1.807, 2.05) is 13.8 Å². The zero-order valence-corrected chi connectivity index (χ0v) is 20.3. The van der Waals surface area contributed by atoms with Crippen LogP contribution >= 0.6 is 0 Å². The molecule has 3 unspecified atom stereocenters. The molecule has 9 heteroatoms. The lowest BCUT2D eigenvalue weighted by Crippen LogP contribution is -2.48. The van der Waals surface area contributed by atoms with E-state index >= 15 is 0 Å². The van der Waals surface area contributed by atoms with E-state index in [0.29, 0.717) is 30.7 Å². The van der Waals surface area contributed by atoms with Crippen LogP contribution in [0.25, 0.3) is 11.1 Å². The zero-order valence-electron chi connectivity index (χ0n) is 20.3. The van der Waals surface area contributed by atoms with E-state index in [0.717, 1.165) is 11.6 Å². The minimum Gasteiger partial charge on any atom is -0.361 e. The molecule has 1 aliphatic rings. The summed E-state index contributed by atoms with van der Waals surface area (Å²) in [4.78, 5) is 28.2. The molecule has 36 heavy (non-hydrogen) atoms. The van der Waals surface area contributed by atoms with E-state index in [1.165, 1.54) is 12.3 Å². The van der Waals surface area contributed by atoms with E-state index < -0.39 is 35.5 Å². The number of aromatic nitrogens is 1. The highest BCUT2D eigenvalue weighted by Crippen LogP contribution is 2.31. The molecule has 0 radical (unpaired) electrons. The maximum Gasteiger partial charge on any atom is 0.243 e. The van der Waals surface area contributed by atoms with E-state index in [9.17, 15) is 22.8 Å². The van der Waals surface area contributed by atoms with Crippen LogP contribution in [0.15, 0.2) is 53.2 Å². The third-order valence-electron chi connectivity index (χ3n) is 6.65. The molecule has 0 bridgehead atoms. The second kappa shape index (κ2) is 10.6. The van der Waals surface area contributed by atoms with Gasteiger partial charge in [-0.25, -0.2) is 13.2 Å². The molecule has 1 fully saturated rings. The van der Waals surface area contributed by atoms with Crippen molar-refractivity contribution >= 4 is 11.8 Å². The molecule has 1 aliphatic heterocycles. The van der Waals surface area contributed by atoms with Gasteiger partial charge in [0.05, 0.1) is 12.2 Å². The van der Waals surface area contributed by atoms with Gasteiger partial charge in [-0.05, 0) is 48.9 Å². The van der Waals surface area contributed by atoms with Crippen molar-refractivity contribution in [2.45, 2.75) is 51.6 Å². The number of nitrogens with one attached hydrogen (secondary N) is 1. The lowest BCUT2D eigenvalue weighted by atomic mass is 9.91. The van der Waals surface area contributed by atoms with E-state index in [4.69, 9.17) is 4.52 Å². The smallest absolute Gasteiger partial charge is 0.243 e. The second-order valence-corrected chi connectivity index (χ2v) is 9.40. The number of halogens is 3. The Morgan fingerprint density at radius 1 is 1.03 bits per heavy atom. The van der Waals surface area contributed by atoms with Gasteiger partial charge in [0.25, 0.3) is 0 Å². The van der Waals surface area contributed by atoms with Gasteiger partial charge in [-0.3, -0.25) is 9.59 Å². The van der Waals surface area contributed by atoms with Crippen LogP contribution in [0.2, 0.25) is 0 Å². The van der Waals surface area contributed by atoms with Gasteiger partial charge in [0.2, 0.25) is 11.8 Å². The summed E-state index contributed by atoms with van der Waals surface area (Å²) in [7, 11) is 0. The summed E-state index contributed by atoms with van der Waals surface area (Å²) in [5.74, 6) is -4.52. The Labute approximate surface area is 207 Å². The van der Waals surface area contributed by atoms with Crippen molar-refractivity contribution < 1.29 is 27.3 Å². The number of likely N-dealkylation sites (tertiary alicyclic amines) is 1. The molecule has 6 nitrogen and oxygen atoms in total. The van der Waals surface area contributed by atoms with Crippen molar-refractivity contribution in [3.05, 3.63) is 77.4 Å². The Bertz CT molecular complexity index is 1230. The van der Waals surface area contributed by atoms with Crippen molar-refractivity contribution in [2.24, 2.45) is 5.92 Å². The van der Waals surface area contributed by atoms with Gasteiger partial charge >= 0.3 is 0 Å². The van der Waals surface area contributed by atoms with Gasteiger partial charge in [-0.1, -0.05) is 43.3 Å². The summed E-state index contributed by atoms with van der Waals surface area (Å²) >= 11 is 0. The highest BCUT2D eigenvalue weighted by Gasteiger charge is 2.40. The average molecular weight is 500 g/mol. The third-order valence-corrected chi connectivity index (χ3v) is 6.65. The molecule has 3 atom stereocenters. The maximum absolute atomic E-state index is 14.1. The summed E-state index contributed by atoms with van der Waals surface area (Å²) in [5.41, 5.74) is 1.07. The monoisotopic (exact) mass is 499 g/mol. The minimum atomic E-state index is -1.52. The molecule has 190 valence electrons. The normalized spacial score (nSPS) is 17.3. The summed E-state index contributed by atoms with van der Waals surface area (Å²) in [5, 5.41) is 6.68. The van der Waals surface area contributed by atoms with Gasteiger partial charge in [0, 0.05) is 18.2 Å². The predicted octanol–water partition coefficient (Wildman–Crippen LogP) is 5.37. The first kappa shape index (κ1) is 25.5. The van der Waals surface area contributed by atoms with Gasteiger partial charge in [0.1, 0.15) is 17.7 Å². The Kier molecular flexibility index (Phi) is 7.47. The quantitative estimate of drug-likeness (QED) is 0.444. The molecule has 4 rings (SSSR count). The highest BCUT2D eigenvalue weighted by atomic mass is 19.2. The number of carbonyl (C=O) groups is 2. The van der Waals surface area contributed by atoms with Crippen LogP contribution in [0.3, 0.4) is 0 Å². The lowest BCUT2D eigenvalue weighted by Gasteiger charge is -2.29. The molecule has 1 N–H and O–H groups in total. The van der Waals surface area contributed by atoms with Crippen LogP contribution in [0, 0.1) is 23.4 Å². The number of carbonyl (C=O) groups excluding carboxylic acids is 2. The molecule has 0 saturated carbocycles. The second-order valence-electron chi connectivity index (χ2n) is 9.40. The van der Waals surface area contributed by atoms with Crippen molar-refractivity contribution in [1.29, 1.82) is 0 Å². The molecular weight excluding hydrogens is 471 g/mol. The van der Waals surface area contributed by atoms with Gasteiger partial charge in [0.15, 0.2) is 17.5 Å². The first-order valence-electron chi connectivity index (χ1n) is 11.9. The lowest BCUT2D eigenvalue weighted by molar-refractivity contribution is -0.141. The average Bonchev–Trinajstić information content (AvgIpc) is 3.55. The van der Waals surface area contributed by atoms with Crippen LogP contribution in [-0.2, 0) is 9.59 Å². The van der Waals surface area contributed by atoms with Crippen molar-refractivity contribution in [3.63, 3.8) is 0 Å². The van der Waals surface area contributed by atoms with E-state index in [1.54, 1.807) is 42.2 Å². The number of amides is 2. The molecular formula is C27H28F3N3O3. The molecule has 0 spiro atoms. The fourth-order valence-corrected chi connectivity index (χ4v) is 4.70. The number of nitrogens with zero attached hydrogens (tertiary/aromatic N) is 2. The predicted molar refractivity (Wildman–Crippen MR) is 127 cm³/mol. The molecule has 3 aromatic rings. The molecule has 2 aromatic carbocycles. The van der Waals surface area contributed by atoms with Gasteiger partial charge in [-0.2, -0.15) is 0 Å². The SMILES string of the molecule is CC(NC(=O)C1CCCN1C(=O)C(c1ccno1)C(C)C)c1ccc(-c2ccc(F)c(F)c2F)cc1. The number of benzene rings is 2. The highest BCUT2D eigenvalue weighted by molar-refractivity contribution is 5.91. The maximum atomic E-state index is 14.1. The Hall–Kier alpha value is -3.62. The summed E-state index contributed by atoms with van der Waals surface area (Å²) in [6, 6.07) is 9.30. The minimum absolute atomic E-state index is 0.0355. The van der Waals surface area contributed by atoms with Crippen LogP contribution in [0.4, 0.5) is 13.2 Å². The Balaban J connectivity index is 1.45. The first-order valence-corrected chi connectivity index (χ1v) is 11.9. The summed E-state index contributed by atoms with van der Waals surface area (Å²) < 4.78 is 46.2. The van der Waals surface area contributed by atoms with Gasteiger partial charge in [-0.15, -0.1) is 0 Å². The topological polar surface area (TPSA) is 75.4 Å². The molecule has 1 aromatic heterocycles. The molecule has 2 heterocycles. The van der Waals surface area contributed by atoms with Crippen LogP contribution in [-0.4, -0.2) is 34.5 Å². The Morgan fingerprint density at radius 3 is 2.39 bits per heavy atom. The summed E-state index contributed by atoms with van der Waals surface area (Å²) in [6.45, 7) is 6.14. The van der Waals surface area contributed by atoms with Crippen molar-refractivity contribution in [1.82, 2.24) is 15.4 Å². The van der Waals surface area contributed by atoms with E-state index in [2.05, 4.69) is 10.5 Å². The zero-order chi connectivity index (χ0) is 26.0. The number of rotatable bonds is 7. The van der Waals surface area contributed by atoms with Gasteiger partial charge < -0.3 is 14.7 Å².